The van der Waals surface area contributed by atoms with Crippen LogP contribution in [0, 0.1) is 53.0 Å². The smallest absolute Gasteiger partial charge is 0.323 e. The van der Waals surface area contributed by atoms with Gasteiger partial charge in [-0.15, -0.1) is 0 Å². The predicted molar refractivity (Wildman–Crippen MR) is 353 cm³/mol. The summed E-state index contributed by atoms with van der Waals surface area (Å²) in [6.07, 6.45) is -55.4. The minimum absolute atomic E-state index is 0.132. The number of piperidine rings is 3. The number of carbonyl (C=O) groups is 3. The Hall–Kier alpha value is -5.37. The number of methoxy groups -OCH3 is 6. The molecule has 0 aliphatic carbocycles. The number of rotatable bonds is 21. The number of nitrogens with two attached hydrogens (primary N) is 3. The molecule has 3 aromatic rings. The molecule has 9 rings (SSSR count). The molecule has 18 heteroatoms. The van der Waals surface area contributed by atoms with Crippen molar-refractivity contribution >= 4 is 17.9 Å². The third-order valence-corrected chi connectivity index (χ3v) is 11.2. The molecule has 6 aliphatic rings. The normalized spacial score (nSPS) is 57.6. The van der Waals surface area contributed by atoms with E-state index >= 15 is 0 Å². The summed E-state index contributed by atoms with van der Waals surface area (Å²) in [6, 6.07) is -36.2. The Morgan fingerprint density at radius 1 is 0.500 bits per heavy atom. The van der Waals surface area contributed by atoms with Crippen LogP contribution in [-0.4, -0.2) is 150 Å². The molecule has 3 aromatic carbocycles. The third kappa shape index (κ3) is 17.5. The Morgan fingerprint density at radius 2 is 0.811 bits per heavy atom. The van der Waals surface area contributed by atoms with Crippen LogP contribution in [0.25, 0.3) is 0 Å². The molecule has 0 amide bonds. The monoisotopic (exact) mass is 1340 g/mol. The standard InChI is InChI=1S/3C24H38N2O4/c3*1-14(2)9-17-13-26-8-7-16-10-21(28-5)22(29-6)11-18(16)19(26)12-20(17)30-24(27)23(25)15(3)4/h3*10-11,14-15,17,19-20,23H,7-9,12-13,25H2,1-6H3/t3*17?,19?,20?,23-/m000/s1/i1D3,3D3,4D3,5D3,7D2,8D2,9D2,10D,11D,12D2,13D2,14D,15D,17D,19D,20D,23D;1D3,3D3,4D3,7D2,8D2,9D2,10D,11D,12D2,13D2,14D,15D,17D,19D,20D,23D;1D3,3D3,4D3,5D3,7D2,8D2,9D2,10D,11D,12D2,13D2,14D,15D,17D,19D,23D/t3*14?,17?,19?,20?,23-. The van der Waals surface area contributed by atoms with E-state index in [1.165, 1.54) is 0 Å². The van der Waals surface area contributed by atoms with E-state index in [2.05, 4.69) is 0 Å². The van der Waals surface area contributed by atoms with Gasteiger partial charge in [-0.2, -0.15) is 0 Å². The molecule has 18 nitrogen and oxygen atoms in total. The van der Waals surface area contributed by atoms with Gasteiger partial charge in [0.25, 0.3) is 0 Å². The summed E-state index contributed by atoms with van der Waals surface area (Å²) in [7, 11) is -4.05. The fourth-order valence-electron chi connectivity index (χ4n) is 7.29. The zero-order valence-electron chi connectivity index (χ0n) is 134. The number of hydrogen-bond acceptors (Lipinski definition) is 18. The van der Waals surface area contributed by atoms with Gasteiger partial charge in [-0.05, 0) is 143 Å². The largest absolute Gasteiger partial charge is 0.493 e. The number of benzene rings is 3. The fraction of sp³-hybridized carbons (Fsp3) is 0.708. The molecule has 3 saturated heterocycles. The van der Waals surface area contributed by atoms with Crippen molar-refractivity contribution in [3.8, 4) is 34.5 Å². The second-order valence-electron chi connectivity index (χ2n) is 17.5. The van der Waals surface area contributed by atoms with Crippen molar-refractivity contribution in [2.24, 2.45) is 70.2 Å². The van der Waals surface area contributed by atoms with E-state index in [9.17, 15) is 41.8 Å². The first-order valence-corrected chi connectivity index (χ1v) is 24.6. The van der Waals surface area contributed by atoms with Crippen molar-refractivity contribution in [1.82, 2.24) is 14.7 Å². The maximum atomic E-state index is 14.1. The van der Waals surface area contributed by atoms with E-state index in [0.717, 1.165) is 14.2 Å². The highest BCUT2D eigenvalue weighted by Crippen LogP contribution is 2.48. The van der Waals surface area contributed by atoms with E-state index in [1.807, 2.05) is 0 Å². The van der Waals surface area contributed by atoms with Gasteiger partial charge in [0.05, 0.1) is 69.9 Å². The Bertz CT molecular complexity index is 6820. The average Bonchev–Trinajstić information content (AvgIpc) is 0.613. The third-order valence-electron chi connectivity index (χ3n) is 11.2. The first-order chi connectivity index (χ1) is 76.0. The minimum Gasteiger partial charge on any atom is -0.493 e. The van der Waals surface area contributed by atoms with Crippen LogP contribution in [0.3, 0.4) is 0 Å². The van der Waals surface area contributed by atoms with E-state index < -0.39 is 416 Å². The van der Waals surface area contributed by atoms with Crippen LogP contribution < -0.4 is 45.6 Å². The van der Waals surface area contributed by atoms with Crippen molar-refractivity contribution in [3.05, 3.63) is 69.6 Å². The van der Waals surface area contributed by atoms with Gasteiger partial charge in [0.1, 0.15) is 36.3 Å². The van der Waals surface area contributed by atoms with Gasteiger partial charge in [0.2, 0.25) is 0 Å². The first-order valence-electron chi connectivity index (χ1n) is 67.6. The molecule has 6 heterocycles. The van der Waals surface area contributed by atoms with Gasteiger partial charge < -0.3 is 59.8 Å². The van der Waals surface area contributed by atoms with Crippen LogP contribution in [0.2, 0.25) is 0 Å². The summed E-state index contributed by atoms with van der Waals surface area (Å²) in [4.78, 5) is 39.5. The topological polar surface area (TPSA) is 222 Å². The summed E-state index contributed by atoms with van der Waals surface area (Å²) in [5.74, 6) is -56.6. The van der Waals surface area contributed by atoms with E-state index in [-0.39, 0.29) is 20.8 Å². The average molecular weight is 1340 g/mol. The molecule has 6 aliphatic heterocycles. The van der Waals surface area contributed by atoms with Gasteiger partial charge in [-0.3, -0.25) is 29.1 Å². The molecule has 504 valence electrons. The zero-order valence-corrected chi connectivity index (χ0v) is 47.6. The summed E-state index contributed by atoms with van der Waals surface area (Å²) in [5.41, 5.74) is 6.88. The van der Waals surface area contributed by atoms with Gasteiger partial charge in [0, 0.05) is 184 Å². The summed E-state index contributed by atoms with van der Waals surface area (Å²) in [6.45, 7) is -65.4. The van der Waals surface area contributed by atoms with Gasteiger partial charge >= 0.3 is 17.9 Å². The molecule has 15 atom stereocenters. The van der Waals surface area contributed by atoms with Crippen LogP contribution in [0.15, 0.2) is 36.3 Å². The van der Waals surface area contributed by atoms with Crippen molar-refractivity contribution < 1.29 is 175 Å². The Kier molecular flexibility index (Phi) is 6.84. The van der Waals surface area contributed by atoms with Gasteiger partial charge in [-0.1, -0.05) is 82.4 Å². The predicted octanol–water partition coefficient (Wildman–Crippen LogP) is 10.7. The van der Waals surface area contributed by atoms with E-state index in [4.69, 9.17) is 150 Å². The van der Waals surface area contributed by atoms with E-state index in [1.54, 1.807) is 0 Å². The van der Waals surface area contributed by atoms with Crippen LogP contribution in [0.1, 0.15) is 290 Å². The molecule has 0 bridgehead atoms. The fourth-order valence-corrected chi connectivity index (χ4v) is 7.29. The summed E-state index contributed by atoms with van der Waals surface area (Å²) >= 11 is 0. The number of ether oxygens (including phenoxy) is 9. The lowest BCUT2D eigenvalue weighted by Gasteiger charge is -2.47. The summed E-state index contributed by atoms with van der Waals surface area (Å²) in [5, 5.41) is 0. The highest BCUT2D eigenvalue weighted by molar-refractivity contribution is 5.77. The molecule has 90 heavy (non-hydrogen) atoms. The SMILES string of the molecule is [2H]c1c(OC([2H])([2H])[2H])c(OC)c([2H])c2c1C([2H])([2H])C([2H])([2H])N1C([2H])([2H])C([2H])(C([2H])([2H])C([2H])(C)C([2H])([2H])[2H])C(OC(=O)[C@@]([2H])(N)C([2H])(C([2H])([2H])[2H])C([2H])([2H])[2H])C([2H])([2H])C21[2H].[2H]c1c(OC([2H])([2H])[2H])c(OC)c([2H])c2c1C([2H])([2H])C([2H])([2H])N1C([2H])([2H])C([2H])(C([2H])([2H])C([2H])(C)C([2H])([2H])[2H])C([2H])(OC(=O)[C@@]([2H])(N)C([2H])(C([2H])([2H])[2H])C([2H])([2H])[2H])C([2H])([2H])C21[2H].[2H]c1c(OC)c(OC)c([2H])c2c1C([2H])([2H])C([2H])([2H])N1C([2H])([2H])C([2H])(C([2H])([2H])C([2H])(C)C([2H])([2H])[2H])C([2H])(OC(=O)[C@@]([2H])(N)C([2H])(C([2H])([2H])[2H])C([2H])([2H])[2H])C([2H])([2H])C21[2H]. The van der Waals surface area contributed by atoms with Crippen LogP contribution in [-0.2, 0) is 47.7 Å². The molecule has 12 unspecified atom stereocenters. The van der Waals surface area contributed by atoms with Crippen molar-refractivity contribution in [1.29, 1.82) is 0 Å². The van der Waals surface area contributed by atoms with E-state index in [0.29, 0.717) is 14.2 Å². The highest BCUT2D eigenvalue weighted by atomic mass is 16.6. The molecule has 0 spiro atoms. The lowest BCUT2D eigenvalue weighted by molar-refractivity contribution is -0.161. The maximum Gasteiger partial charge on any atom is 0.323 e. The molecular formula is C72H114N6O12. The Balaban J connectivity index is 0.000000353. The number of hydrogen-bond donors (Lipinski definition) is 3. The van der Waals surface area contributed by atoms with Crippen LogP contribution >= 0.6 is 0 Å². The maximum absolute atomic E-state index is 14.1. The Morgan fingerprint density at radius 3 is 1.14 bits per heavy atom. The number of nitrogens with zero attached hydrogens (tertiary/aromatic N) is 3. The number of fused-ring (bicyclic) bond motifs is 9. The van der Waals surface area contributed by atoms with Gasteiger partial charge in [-0.25, -0.2) is 0 Å². The lowest BCUT2D eigenvalue weighted by Crippen LogP contribution is -2.51. The first kappa shape index (κ1) is 19.0. The molecular weight excluding hydrogens is 1140 g/mol. The highest BCUT2D eigenvalue weighted by Gasteiger charge is 2.45. The second kappa shape index (κ2) is 32.5. The van der Waals surface area contributed by atoms with Crippen molar-refractivity contribution in [3.63, 3.8) is 0 Å². The Labute approximate surface area is 660 Å². The number of carbonyl (C=O) groups excluding carboxylic acids is 3. The second-order valence-corrected chi connectivity index (χ2v) is 17.5. The molecule has 0 saturated carbocycles. The lowest BCUT2D eigenvalue weighted by atomic mass is 9.79. The number of esters is 3. The minimum atomic E-state index is -5.28. The quantitative estimate of drug-likeness (QED) is 0.0666. The van der Waals surface area contributed by atoms with Crippen molar-refractivity contribution in [2.45, 2.75) is 194 Å². The van der Waals surface area contributed by atoms with Gasteiger partial charge in [0.15, 0.2) is 34.5 Å². The zero-order chi connectivity index (χ0) is 141. The molecule has 0 aromatic heterocycles. The summed E-state index contributed by atoms with van der Waals surface area (Å²) < 4.78 is 776. The van der Waals surface area contributed by atoms with Crippen LogP contribution in [0.5, 0.6) is 34.5 Å². The molecule has 6 N–H and O–H groups in total. The molecule has 3 fully saturated rings. The van der Waals surface area contributed by atoms with Crippen molar-refractivity contribution in [2.75, 3.05) is 81.5 Å². The van der Waals surface area contributed by atoms with Crippen LogP contribution in [0.4, 0.5) is 0 Å². The molecule has 0 radical (unpaired) electrons.